The quantitative estimate of drug-likeness (QED) is 0.462. The average Bonchev–Trinajstić information content (AvgIpc) is 3.54. The molecule has 9 heteroatoms. The van der Waals surface area contributed by atoms with Crippen molar-refractivity contribution in [3.05, 3.63) is 59.1 Å². The van der Waals surface area contributed by atoms with Gasteiger partial charge in [-0.25, -0.2) is 17.9 Å². The van der Waals surface area contributed by atoms with Crippen LogP contribution in [0, 0.1) is 17.8 Å². The zero-order chi connectivity index (χ0) is 24.6. The molecule has 2 aliphatic rings. The molecule has 2 fully saturated rings. The fraction of sp³-hybridized carbons (Fsp3) is 0.462. The lowest BCUT2D eigenvalue weighted by atomic mass is 9.84. The van der Waals surface area contributed by atoms with E-state index in [9.17, 15) is 18.0 Å². The number of carbonyl (C=O) groups excluding carboxylic acids is 1. The van der Waals surface area contributed by atoms with Gasteiger partial charge in [-0.05, 0) is 86.8 Å². The summed E-state index contributed by atoms with van der Waals surface area (Å²) in [6, 6.07) is 13.3. The predicted molar refractivity (Wildman–Crippen MR) is 134 cm³/mol. The number of sulfonamides is 1. The maximum atomic E-state index is 12.9. The highest BCUT2D eigenvalue weighted by atomic mass is 32.2. The maximum Gasteiger partial charge on any atom is 0.419 e. The molecule has 2 saturated carbocycles. The first-order valence-electron chi connectivity index (χ1n) is 12.3. The summed E-state index contributed by atoms with van der Waals surface area (Å²) in [7, 11) is -3.62. The molecule has 0 saturated heterocycles. The van der Waals surface area contributed by atoms with Gasteiger partial charge >= 0.3 is 5.76 Å². The Bertz CT molecular complexity index is 1380. The van der Waals surface area contributed by atoms with Gasteiger partial charge in [0.05, 0.1) is 10.4 Å². The molecule has 0 radical (unpaired) electrons. The molecule has 35 heavy (non-hydrogen) atoms. The van der Waals surface area contributed by atoms with Crippen molar-refractivity contribution in [2.24, 2.45) is 17.8 Å². The summed E-state index contributed by atoms with van der Waals surface area (Å²) in [5.74, 6) is 1.18. The lowest BCUT2D eigenvalue weighted by Gasteiger charge is -2.28. The lowest BCUT2D eigenvalue weighted by Crippen LogP contribution is -2.40. The van der Waals surface area contributed by atoms with Crippen LogP contribution in [0.25, 0.3) is 11.1 Å². The molecule has 0 aliphatic heterocycles. The van der Waals surface area contributed by atoms with Gasteiger partial charge in [0.1, 0.15) is 0 Å². The monoisotopic (exact) mass is 497 g/mol. The van der Waals surface area contributed by atoms with Crippen molar-refractivity contribution in [2.45, 2.75) is 62.9 Å². The summed E-state index contributed by atoms with van der Waals surface area (Å²) in [4.78, 5) is 24.6. The summed E-state index contributed by atoms with van der Waals surface area (Å²) in [5, 5.41) is 2.79. The molecule has 3 aromatic rings. The Labute approximate surface area is 204 Å². The molecule has 2 aromatic carbocycles. The van der Waals surface area contributed by atoms with Gasteiger partial charge < -0.3 is 9.73 Å². The largest absolute Gasteiger partial charge is 0.419 e. The van der Waals surface area contributed by atoms with Crippen LogP contribution in [-0.2, 0) is 21.4 Å². The molecular formula is C26H31N3O5S. The van der Waals surface area contributed by atoms with Gasteiger partial charge in [0.2, 0.25) is 15.9 Å². The number of oxazole rings is 1. The minimum absolute atomic E-state index is 0.0884. The molecule has 1 aromatic heterocycles. The van der Waals surface area contributed by atoms with Crippen LogP contribution in [0.15, 0.2) is 62.6 Å². The van der Waals surface area contributed by atoms with Crippen molar-refractivity contribution >= 4 is 32.7 Å². The number of para-hydroxylation sites is 2. The number of amides is 1. The minimum Gasteiger partial charge on any atom is -0.408 e. The first-order chi connectivity index (χ1) is 16.8. The highest BCUT2D eigenvalue weighted by Gasteiger charge is 2.42. The lowest BCUT2D eigenvalue weighted by molar-refractivity contribution is -0.116. The highest BCUT2D eigenvalue weighted by molar-refractivity contribution is 7.89. The zero-order valence-corrected chi connectivity index (χ0v) is 20.6. The second-order valence-electron chi connectivity index (χ2n) is 9.91. The van der Waals surface area contributed by atoms with Crippen LogP contribution in [0.3, 0.4) is 0 Å². The number of hydrogen-bond donors (Lipinski definition) is 2. The van der Waals surface area contributed by atoms with E-state index >= 15 is 0 Å². The van der Waals surface area contributed by atoms with Crippen molar-refractivity contribution in [2.75, 3.05) is 5.32 Å². The van der Waals surface area contributed by atoms with Crippen molar-refractivity contribution in [1.82, 2.24) is 9.29 Å². The topological polar surface area (TPSA) is 110 Å². The second-order valence-corrected chi connectivity index (χ2v) is 11.6. The highest BCUT2D eigenvalue weighted by Crippen LogP contribution is 2.49. The van der Waals surface area contributed by atoms with Crippen molar-refractivity contribution < 1.29 is 17.6 Å². The Morgan fingerprint density at radius 3 is 2.60 bits per heavy atom. The van der Waals surface area contributed by atoms with E-state index in [0.29, 0.717) is 41.6 Å². The SMILES string of the molecule is C[C@@H](NS(=O)(=O)c1ccc(NC(=O)CCCn2c(=O)oc3ccccc32)cc1)[C@@H]1C[C@H]2CC[C@H]1C2. The average molecular weight is 498 g/mol. The molecule has 0 spiro atoms. The Morgan fingerprint density at radius 2 is 1.89 bits per heavy atom. The maximum absolute atomic E-state index is 12.9. The van der Waals surface area contributed by atoms with E-state index in [1.54, 1.807) is 24.3 Å². The Morgan fingerprint density at radius 1 is 1.11 bits per heavy atom. The molecule has 0 unspecified atom stereocenters. The Kier molecular flexibility index (Phi) is 6.55. The first-order valence-corrected chi connectivity index (χ1v) is 13.8. The third kappa shape index (κ3) is 5.06. The fourth-order valence-electron chi connectivity index (χ4n) is 5.87. The number of carbonyl (C=O) groups is 1. The third-order valence-corrected chi connectivity index (χ3v) is 9.16. The van der Waals surface area contributed by atoms with E-state index in [4.69, 9.17) is 4.42 Å². The summed E-state index contributed by atoms with van der Waals surface area (Å²) in [6.45, 7) is 2.34. The van der Waals surface area contributed by atoms with Crippen LogP contribution in [0.2, 0.25) is 0 Å². The number of fused-ring (bicyclic) bond motifs is 3. The van der Waals surface area contributed by atoms with Crippen molar-refractivity contribution in [3.63, 3.8) is 0 Å². The number of hydrogen-bond acceptors (Lipinski definition) is 5. The number of rotatable bonds is 9. The van der Waals surface area contributed by atoms with Gasteiger partial charge in [0.25, 0.3) is 0 Å². The van der Waals surface area contributed by atoms with Crippen LogP contribution in [0.1, 0.15) is 45.4 Å². The van der Waals surface area contributed by atoms with Crippen LogP contribution in [0.4, 0.5) is 5.69 Å². The van der Waals surface area contributed by atoms with E-state index in [1.165, 1.54) is 36.0 Å². The molecule has 1 amide bonds. The second kappa shape index (κ2) is 9.62. The number of nitrogens with zero attached hydrogens (tertiary/aromatic N) is 1. The van der Waals surface area contributed by atoms with Gasteiger partial charge in [-0.1, -0.05) is 18.6 Å². The third-order valence-electron chi connectivity index (χ3n) is 7.58. The van der Waals surface area contributed by atoms with Gasteiger partial charge in [0, 0.05) is 24.7 Å². The van der Waals surface area contributed by atoms with Crippen LogP contribution < -0.4 is 15.8 Å². The standard InChI is InChI=1S/C26H31N3O5S/c1-17(22-16-18-8-9-19(22)15-18)28-35(32,33)21-12-10-20(11-13-21)27-25(30)7-4-14-29-23-5-2-3-6-24(23)34-26(29)31/h2-3,5-6,10-13,17-19,22,28H,4,7-9,14-16H2,1H3,(H,27,30)/t17-,18+,19+,22+/m1/s1. The van der Waals surface area contributed by atoms with Crippen LogP contribution in [0.5, 0.6) is 0 Å². The predicted octanol–water partition coefficient (Wildman–Crippen LogP) is 4.12. The van der Waals surface area contributed by atoms with Gasteiger partial charge in [-0.15, -0.1) is 0 Å². The van der Waals surface area contributed by atoms with E-state index in [1.807, 2.05) is 19.1 Å². The molecule has 2 aliphatic carbocycles. The van der Waals surface area contributed by atoms with E-state index < -0.39 is 15.8 Å². The summed E-state index contributed by atoms with van der Waals surface area (Å²) in [6.07, 6.45) is 5.53. The molecule has 1 heterocycles. The summed E-state index contributed by atoms with van der Waals surface area (Å²) >= 11 is 0. The van der Waals surface area contributed by atoms with Crippen LogP contribution in [-0.4, -0.2) is 24.9 Å². The smallest absolute Gasteiger partial charge is 0.408 e. The molecular weight excluding hydrogens is 466 g/mol. The van der Waals surface area contributed by atoms with Crippen LogP contribution >= 0.6 is 0 Å². The molecule has 5 rings (SSSR count). The molecule has 186 valence electrons. The Hall–Kier alpha value is -2.91. The fourth-order valence-corrected chi connectivity index (χ4v) is 7.17. The Balaban J connectivity index is 1.13. The van der Waals surface area contributed by atoms with Gasteiger partial charge in [-0.2, -0.15) is 0 Å². The molecule has 4 atom stereocenters. The van der Waals surface area contributed by atoms with Gasteiger partial charge in [0.15, 0.2) is 5.58 Å². The first kappa shape index (κ1) is 23.8. The number of aromatic nitrogens is 1. The number of benzene rings is 2. The minimum atomic E-state index is -3.62. The summed E-state index contributed by atoms with van der Waals surface area (Å²) < 4.78 is 35.4. The van der Waals surface area contributed by atoms with E-state index in [0.717, 1.165) is 12.3 Å². The molecule has 8 nitrogen and oxygen atoms in total. The zero-order valence-electron chi connectivity index (χ0n) is 19.8. The van der Waals surface area contributed by atoms with Gasteiger partial charge in [-0.3, -0.25) is 9.36 Å². The van der Waals surface area contributed by atoms with E-state index in [2.05, 4.69) is 10.0 Å². The van der Waals surface area contributed by atoms with E-state index in [-0.39, 0.29) is 23.3 Å². The van der Waals surface area contributed by atoms with Crippen molar-refractivity contribution in [3.8, 4) is 0 Å². The summed E-state index contributed by atoms with van der Waals surface area (Å²) in [5.41, 5.74) is 1.76. The molecule has 2 bridgehead atoms. The number of aryl methyl sites for hydroxylation is 1. The molecule has 2 N–H and O–H groups in total. The number of nitrogens with one attached hydrogen (secondary N) is 2. The number of anilines is 1. The van der Waals surface area contributed by atoms with Crippen molar-refractivity contribution in [1.29, 1.82) is 0 Å². The normalized spacial score (nSPS) is 22.5.